The summed E-state index contributed by atoms with van der Waals surface area (Å²) in [6.07, 6.45) is -1.11. The molecule has 1 aromatic carbocycles. The lowest BCUT2D eigenvalue weighted by Gasteiger charge is -2.45. The van der Waals surface area contributed by atoms with Crippen molar-refractivity contribution in [3.8, 4) is 0 Å². The highest BCUT2D eigenvalue weighted by molar-refractivity contribution is 6.74. The second-order valence-electron chi connectivity index (χ2n) is 9.48. The van der Waals surface area contributed by atoms with Crippen LogP contribution in [0.25, 0.3) is 0 Å². The average Bonchev–Trinajstić information content (AvgIpc) is 2.88. The van der Waals surface area contributed by atoms with Gasteiger partial charge >= 0.3 is 0 Å². The predicted octanol–water partition coefficient (Wildman–Crippen LogP) is 4.47. The maximum atomic E-state index is 6.74. The Kier molecular flexibility index (Phi) is 5.88. The molecule has 0 unspecified atom stereocenters. The van der Waals surface area contributed by atoms with Crippen molar-refractivity contribution in [2.45, 2.75) is 89.7 Å². The van der Waals surface area contributed by atoms with E-state index in [2.05, 4.69) is 33.9 Å². The van der Waals surface area contributed by atoms with E-state index in [0.29, 0.717) is 13.2 Å². The van der Waals surface area contributed by atoms with Crippen molar-refractivity contribution in [2.75, 3.05) is 6.61 Å². The van der Waals surface area contributed by atoms with Crippen LogP contribution in [0.3, 0.4) is 0 Å². The minimum atomic E-state index is -2.04. The van der Waals surface area contributed by atoms with Gasteiger partial charge in [-0.05, 0) is 37.5 Å². The van der Waals surface area contributed by atoms with E-state index in [4.69, 9.17) is 23.4 Å². The Bertz CT molecular complexity index is 625. The smallest absolute Gasteiger partial charge is 0.192 e. The Morgan fingerprint density at radius 3 is 2.41 bits per heavy atom. The number of ether oxygens (including phenoxy) is 4. The summed E-state index contributed by atoms with van der Waals surface area (Å²) >= 11 is 0. The molecule has 0 radical (unpaired) electrons. The molecule has 152 valence electrons. The summed E-state index contributed by atoms with van der Waals surface area (Å²) in [7, 11) is -2.04. The van der Waals surface area contributed by atoms with Gasteiger partial charge in [0.05, 0.1) is 13.2 Å². The first-order valence-corrected chi connectivity index (χ1v) is 12.7. The van der Waals surface area contributed by atoms with Crippen LogP contribution in [0, 0.1) is 0 Å². The molecule has 0 N–H and O–H groups in total. The molecule has 0 saturated carbocycles. The lowest BCUT2D eigenvalue weighted by atomic mass is 10.1. The maximum absolute atomic E-state index is 6.74. The van der Waals surface area contributed by atoms with Crippen LogP contribution < -0.4 is 0 Å². The van der Waals surface area contributed by atoms with Crippen LogP contribution in [0.4, 0.5) is 0 Å². The third-order valence-corrected chi connectivity index (χ3v) is 10.2. The van der Waals surface area contributed by atoms with Crippen molar-refractivity contribution >= 4 is 8.32 Å². The second-order valence-corrected chi connectivity index (χ2v) is 14.2. The molecule has 6 heteroatoms. The van der Waals surface area contributed by atoms with Gasteiger partial charge in [0, 0.05) is 0 Å². The molecule has 2 aliphatic rings. The predicted molar refractivity (Wildman–Crippen MR) is 107 cm³/mol. The summed E-state index contributed by atoms with van der Waals surface area (Å²) in [6, 6.07) is 10.1. The van der Waals surface area contributed by atoms with Crippen molar-refractivity contribution in [1.29, 1.82) is 0 Å². The molecule has 1 aromatic rings. The van der Waals surface area contributed by atoms with Gasteiger partial charge in [0.15, 0.2) is 20.4 Å². The number of benzene rings is 1. The fourth-order valence-electron chi connectivity index (χ4n) is 3.25. The van der Waals surface area contributed by atoms with Gasteiger partial charge in [-0.3, -0.25) is 0 Å². The highest BCUT2D eigenvalue weighted by Gasteiger charge is 2.54. The Morgan fingerprint density at radius 1 is 1.11 bits per heavy atom. The van der Waals surface area contributed by atoms with Crippen molar-refractivity contribution < 1.29 is 23.4 Å². The van der Waals surface area contributed by atoms with E-state index in [-0.39, 0.29) is 23.4 Å². The molecular weight excluding hydrogens is 360 g/mol. The molecule has 27 heavy (non-hydrogen) atoms. The van der Waals surface area contributed by atoms with Crippen LogP contribution in [0.5, 0.6) is 0 Å². The Labute approximate surface area is 164 Å². The van der Waals surface area contributed by atoms with Gasteiger partial charge in [0.25, 0.3) is 0 Å². The van der Waals surface area contributed by atoms with E-state index >= 15 is 0 Å². The van der Waals surface area contributed by atoms with Crippen LogP contribution >= 0.6 is 0 Å². The monoisotopic (exact) mass is 394 g/mol. The van der Waals surface area contributed by atoms with Gasteiger partial charge < -0.3 is 23.4 Å². The van der Waals surface area contributed by atoms with Crippen molar-refractivity contribution in [1.82, 2.24) is 0 Å². The quantitative estimate of drug-likeness (QED) is 0.690. The molecular formula is C21H34O5Si. The number of fused-ring (bicyclic) bond motifs is 1. The number of rotatable bonds is 5. The van der Waals surface area contributed by atoms with Gasteiger partial charge in [-0.1, -0.05) is 51.1 Å². The minimum Gasteiger partial charge on any atom is -0.406 e. The Hall–Kier alpha value is -0.763. The molecule has 0 aromatic heterocycles. The molecule has 2 saturated heterocycles. The molecule has 0 amide bonds. The minimum absolute atomic E-state index is 0.0822. The van der Waals surface area contributed by atoms with Crippen molar-refractivity contribution in [2.24, 2.45) is 0 Å². The van der Waals surface area contributed by atoms with Gasteiger partial charge in [-0.15, -0.1) is 0 Å². The zero-order valence-electron chi connectivity index (χ0n) is 17.7. The highest BCUT2D eigenvalue weighted by atomic mass is 28.4. The van der Waals surface area contributed by atoms with Crippen LogP contribution in [0.2, 0.25) is 18.1 Å². The SMILES string of the molecule is CC1(C)O[C@@H]2[C@H](O[Si](C)(C)C(C)(C)C)[C@@H](OCc3ccccc3)OC[C@@H]2O1. The van der Waals surface area contributed by atoms with E-state index in [0.717, 1.165) is 5.56 Å². The summed E-state index contributed by atoms with van der Waals surface area (Å²) in [5.74, 6) is -0.637. The molecule has 0 bridgehead atoms. The standard InChI is InChI=1S/C21H34O5Si/c1-20(2,3)27(6,7)26-18-17-16(24-21(4,5)25-17)14-23-19(18)22-13-15-11-9-8-10-12-15/h8-12,16-19H,13-14H2,1-7H3/t16-,17-,18-,19-/m0/s1. The summed E-state index contributed by atoms with van der Waals surface area (Å²) in [5, 5.41) is 0.0822. The summed E-state index contributed by atoms with van der Waals surface area (Å²) < 4.78 is 31.2. The normalized spacial score (nSPS) is 30.9. The van der Waals surface area contributed by atoms with Crippen LogP contribution in [0.1, 0.15) is 40.2 Å². The maximum Gasteiger partial charge on any atom is 0.192 e. The van der Waals surface area contributed by atoms with Gasteiger partial charge in [0.2, 0.25) is 0 Å². The Morgan fingerprint density at radius 2 is 1.78 bits per heavy atom. The third kappa shape index (κ3) is 4.81. The lowest BCUT2D eigenvalue weighted by Crippen LogP contribution is -2.58. The van der Waals surface area contributed by atoms with Gasteiger partial charge in [-0.25, -0.2) is 0 Å². The van der Waals surface area contributed by atoms with E-state index in [1.165, 1.54) is 0 Å². The van der Waals surface area contributed by atoms with E-state index in [9.17, 15) is 0 Å². The summed E-state index contributed by atoms with van der Waals surface area (Å²) in [4.78, 5) is 0. The lowest BCUT2D eigenvalue weighted by molar-refractivity contribution is -0.251. The second kappa shape index (κ2) is 7.58. The molecule has 2 heterocycles. The molecule has 2 fully saturated rings. The average molecular weight is 395 g/mol. The molecule has 0 aliphatic carbocycles. The van der Waals surface area contributed by atoms with Crippen molar-refractivity contribution in [3.05, 3.63) is 35.9 Å². The zero-order valence-corrected chi connectivity index (χ0v) is 18.7. The summed E-state index contributed by atoms with van der Waals surface area (Å²) in [5.41, 5.74) is 1.11. The van der Waals surface area contributed by atoms with Crippen molar-refractivity contribution in [3.63, 3.8) is 0 Å². The van der Waals surface area contributed by atoms with Crippen LogP contribution in [0.15, 0.2) is 30.3 Å². The Balaban J connectivity index is 1.78. The summed E-state index contributed by atoms with van der Waals surface area (Å²) in [6.45, 7) is 16.0. The highest BCUT2D eigenvalue weighted by Crippen LogP contribution is 2.42. The van der Waals surface area contributed by atoms with Crippen LogP contribution in [-0.4, -0.2) is 45.3 Å². The van der Waals surface area contributed by atoms with Gasteiger partial charge in [0.1, 0.15) is 18.3 Å². The van der Waals surface area contributed by atoms with E-state index in [1.54, 1.807) is 0 Å². The molecule has 4 atom stereocenters. The van der Waals surface area contributed by atoms with Gasteiger partial charge in [-0.2, -0.15) is 0 Å². The zero-order chi connectivity index (χ0) is 19.9. The number of hydrogen-bond acceptors (Lipinski definition) is 5. The number of hydrogen-bond donors (Lipinski definition) is 0. The molecule has 3 rings (SSSR count). The third-order valence-electron chi connectivity index (χ3n) is 5.73. The largest absolute Gasteiger partial charge is 0.406 e. The fourth-order valence-corrected chi connectivity index (χ4v) is 4.52. The molecule has 5 nitrogen and oxygen atoms in total. The fraction of sp³-hybridized carbons (Fsp3) is 0.714. The first-order valence-electron chi connectivity index (χ1n) is 9.79. The van der Waals surface area contributed by atoms with E-state index < -0.39 is 20.4 Å². The molecule has 0 spiro atoms. The molecule has 2 aliphatic heterocycles. The van der Waals surface area contributed by atoms with E-state index in [1.807, 2.05) is 44.2 Å². The van der Waals surface area contributed by atoms with Crippen LogP contribution in [-0.2, 0) is 30.0 Å². The topological polar surface area (TPSA) is 46.2 Å². The first-order chi connectivity index (χ1) is 12.5. The first kappa shape index (κ1) is 21.0.